The van der Waals surface area contributed by atoms with Gasteiger partial charge in [-0.25, -0.2) is 0 Å². The van der Waals surface area contributed by atoms with E-state index in [1.165, 1.54) is 0 Å². The number of nitrogens with one attached hydrogen (secondary N) is 1. The van der Waals surface area contributed by atoms with E-state index in [-0.39, 0.29) is 0 Å². The molecule has 0 aromatic heterocycles. The van der Waals surface area contributed by atoms with E-state index >= 15 is 0 Å². The predicted molar refractivity (Wildman–Crippen MR) is 60.7 cm³/mol. The molecule has 0 bridgehead atoms. The topological polar surface area (TPSA) is 29.1 Å². The van der Waals surface area contributed by atoms with Crippen LogP contribution in [0.2, 0.25) is 0 Å². The summed E-state index contributed by atoms with van der Waals surface area (Å²) in [6.45, 7) is 13.4. The molecule has 1 amide bonds. The van der Waals surface area contributed by atoms with Gasteiger partial charge >= 0.3 is 0 Å². The third-order valence-corrected chi connectivity index (χ3v) is 1.88. The molecule has 0 aromatic carbocycles. The molecule has 0 atom stereocenters. The molecular formula is C12H17NO. The summed E-state index contributed by atoms with van der Waals surface area (Å²) in [5.74, 6) is 0. The first kappa shape index (κ1) is 12.4. The highest BCUT2D eigenvalue weighted by molar-refractivity contribution is 5.54. The molecule has 0 radical (unpaired) electrons. The lowest BCUT2D eigenvalue weighted by atomic mass is 10.1. The van der Waals surface area contributed by atoms with Gasteiger partial charge < -0.3 is 5.32 Å². The lowest BCUT2D eigenvalue weighted by Gasteiger charge is -2.06. The summed E-state index contributed by atoms with van der Waals surface area (Å²) in [4.78, 5) is 10.2. The van der Waals surface area contributed by atoms with Crippen LogP contribution in [0.1, 0.15) is 20.8 Å². The second-order valence-corrected chi connectivity index (χ2v) is 3.09. The maximum absolute atomic E-state index is 10.2. The molecule has 0 fully saturated rings. The molecule has 0 saturated carbocycles. The minimum atomic E-state index is 0.612. The van der Waals surface area contributed by atoms with E-state index < -0.39 is 0 Å². The van der Waals surface area contributed by atoms with Crippen molar-refractivity contribution >= 4 is 6.41 Å². The number of amides is 1. The highest BCUT2D eigenvalue weighted by Gasteiger charge is 1.97. The van der Waals surface area contributed by atoms with Gasteiger partial charge in [0.15, 0.2) is 0 Å². The molecule has 76 valence electrons. The zero-order chi connectivity index (χ0) is 11.1. The molecular weight excluding hydrogens is 174 g/mol. The Morgan fingerprint density at radius 3 is 2.21 bits per heavy atom. The summed E-state index contributed by atoms with van der Waals surface area (Å²) in [7, 11) is 0. The van der Waals surface area contributed by atoms with Crippen LogP contribution in [-0.2, 0) is 4.79 Å². The van der Waals surface area contributed by atoms with E-state index in [1.54, 1.807) is 0 Å². The molecule has 0 aliphatic carbocycles. The fourth-order valence-electron chi connectivity index (χ4n) is 0.958. The van der Waals surface area contributed by atoms with Crippen molar-refractivity contribution in [2.75, 3.05) is 0 Å². The minimum Gasteiger partial charge on any atom is -0.329 e. The van der Waals surface area contributed by atoms with E-state index in [0.717, 1.165) is 16.7 Å². The first-order valence-corrected chi connectivity index (χ1v) is 4.42. The third kappa shape index (κ3) is 3.90. The van der Waals surface area contributed by atoms with E-state index in [9.17, 15) is 4.79 Å². The van der Waals surface area contributed by atoms with Crippen LogP contribution in [-0.4, -0.2) is 6.41 Å². The fraction of sp³-hybridized carbons (Fsp3) is 0.250. The molecule has 0 unspecified atom stereocenters. The average Bonchev–Trinajstić information content (AvgIpc) is 2.13. The van der Waals surface area contributed by atoms with E-state index in [0.29, 0.717) is 12.1 Å². The van der Waals surface area contributed by atoms with Gasteiger partial charge in [-0.2, -0.15) is 0 Å². The highest BCUT2D eigenvalue weighted by Crippen LogP contribution is 2.13. The quantitative estimate of drug-likeness (QED) is 0.525. The van der Waals surface area contributed by atoms with Crippen LogP contribution in [0.5, 0.6) is 0 Å². The summed E-state index contributed by atoms with van der Waals surface area (Å²) in [6.07, 6.45) is 4.54. The number of carbonyl (C=O) groups is 1. The maximum Gasteiger partial charge on any atom is 0.211 e. The maximum atomic E-state index is 10.2. The second-order valence-electron chi connectivity index (χ2n) is 3.09. The van der Waals surface area contributed by atoms with Crippen LogP contribution in [0.4, 0.5) is 0 Å². The van der Waals surface area contributed by atoms with Gasteiger partial charge in [0.05, 0.1) is 0 Å². The molecule has 1 N–H and O–H groups in total. The third-order valence-electron chi connectivity index (χ3n) is 1.88. The normalized spacial score (nSPS) is 12.2. The van der Waals surface area contributed by atoms with Gasteiger partial charge in [-0.1, -0.05) is 30.9 Å². The van der Waals surface area contributed by atoms with Gasteiger partial charge in [-0.3, -0.25) is 4.79 Å². The molecule has 2 nitrogen and oxygen atoms in total. The molecule has 14 heavy (non-hydrogen) atoms. The van der Waals surface area contributed by atoms with Gasteiger partial charge in [-0.15, -0.1) is 0 Å². The zero-order valence-corrected chi connectivity index (χ0v) is 9.05. The molecule has 0 spiro atoms. The molecule has 0 aromatic rings. The van der Waals surface area contributed by atoms with Crippen molar-refractivity contribution in [2.45, 2.75) is 20.8 Å². The molecule has 0 aliphatic rings. The van der Waals surface area contributed by atoms with Gasteiger partial charge in [0.1, 0.15) is 0 Å². The number of hydrogen-bond acceptors (Lipinski definition) is 1. The van der Waals surface area contributed by atoms with Crippen molar-refractivity contribution in [1.29, 1.82) is 0 Å². The Hall–Kier alpha value is -1.57. The zero-order valence-electron chi connectivity index (χ0n) is 9.05. The largest absolute Gasteiger partial charge is 0.329 e. The van der Waals surface area contributed by atoms with Gasteiger partial charge in [0.2, 0.25) is 6.41 Å². The highest BCUT2D eigenvalue weighted by atomic mass is 16.1. The van der Waals surface area contributed by atoms with Gasteiger partial charge in [0.25, 0.3) is 0 Å². The first-order chi connectivity index (χ1) is 6.52. The predicted octanol–water partition coefficient (Wildman–Crippen LogP) is 2.71. The Labute approximate surface area is 85.7 Å². The Balaban J connectivity index is 4.73. The van der Waals surface area contributed by atoms with Gasteiger partial charge in [0, 0.05) is 5.70 Å². The Morgan fingerprint density at radius 2 is 1.86 bits per heavy atom. The smallest absolute Gasteiger partial charge is 0.211 e. The van der Waals surface area contributed by atoms with Crippen molar-refractivity contribution in [3.8, 4) is 0 Å². The minimum absolute atomic E-state index is 0.612. The molecule has 0 saturated heterocycles. The van der Waals surface area contributed by atoms with Crippen molar-refractivity contribution in [3.05, 3.63) is 47.7 Å². The monoisotopic (exact) mass is 191 g/mol. The number of allylic oxidation sites excluding steroid dienone is 5. The second kappa shape index (κ2) is 5.97. The standard InChI is InChI=1S/C12H17NO/c1-6-12(9(2)3)7-10(4)11(5)13-8-14/h6-8H,2,5H2,1,3-4H3,(H,13,14)/b10-7-,12-6+. The summed E-state index contributed by atoms with van der Waals surface area (Å²) in [6, 6.07) is 0. The van der Waals surface area contributed by atoms with Gasteiger partial charge in [-0.05, 0) is 31.9 Å². The summed E-state index contributed by atoms with van der Waals surface area (Å²) in [5, 5.41) is 2.51. The summed E-state index contributed by atoms with van der Waals surface area (Å²) >= 11 is 0. The van der Waals surface area contributed by atoms with Crippen LogP contribution in [0.15, 0.2) is 47.7 Å². The number of hydrogen-bond donors (Lipinski definition) is 1. The van der Waals surface area contributed by atoms with Crippen molar-refractivity contribution in [3.63, 3.8) is 0 Å². The van der Waals surface area contributed by atoms with Crippen molar-refractivity contribution in [1.82, 2.24) is 5.32 Å². The Kier molecular flexibility index (Phi) is 5.30. The molecule has 2 heteroatoms. The fourth-order valence-corrected chi connectivity index (χ4v) is 0.958. The average molecular weight is 191 g/mol. The van der Waals surface area contributed by atoms with Crippen LogP contribution in [0, 0.1) is 0 Å². The van der Waals surface area contributed by atoms with E-state index in [4.69, 9.17) is 0 Å². The number of rotatable bonds is 5. The Bertz CT molecular complexity index is 308. The molecule has 0 aliphatic heterocycles. The lowest BCUT2D eigenvalue weighted by Crippen LogP contribution is -2.09. The van der Waals surface area contributed by atoms with E-state index in [2.05, 4.69) is 18.5 Å². The van der Waals surface area contributed by atoms with Crippen LogP contribution in [0.3, 0.4) is 0 Å². The first-order valence-electron chi connectivity index (χ1n) is 4.42. The molecule has 0 heterocycles. The summed E-state index contributed by atoms with van der Waals surface area (Å²) in [5.41, 5.74) is 3.58. The lowest BCUT2D eigenvalue weighted by molar-refractivity contribution is -0.108. The molecule has 0 rings (SSSR count). The summed E-state index contributed by atoms with van der Waals surface area (Å²) < 4.78 is 0. The Morgan fingerprint density at radius 1 is 1.29 bits per heavy atom. The van der Waals surface area contributed by atoms with Crippen LogP contribution < -0.4 is 5.32 Å². The SMILES string of the molecule is C=C(NC=O)/C(C)=C\C(=C/C)C(=C)C. The van der Waals surface area contributed by atoms with Crippen LogP contribution >= 0.6 is 0 Å². The number of carbonyl (C=O) groups excluding carboxylic acids is 1. The van der Waals surface area contributed by atoms with Crippen molar-refractivity contribution < 1.29 is 4.79 Å². The van der Waals surface area contributed by atoms with Crippen molar-refractivity contribution in [2.24, 2.45) is 0 Å². The van der Waals surface area contributed by atoms with Crippen LogP contribution in [0.25, 0.3) is 0 Å². The van der Waals surface area contributed by atoms with E-state index in [1.807, 2.05) is 32.9 Å².